The molecule has 0 saturated heterocycles. The van der Waals surface area contributed by atoms with Crippen LogP contribution >= 0.6 is 11.6 Å². The van der Waals surface area contributed by atoms with Gasteiger partial charge < -0.3 is 5.32 Å². The molecule has 1 atom stereocenters. The van der Waals surface area contributed by atoms with Crippen molar-refractivity contribution in [3.05, 3.63) is 28.3 Å². The summed E-state index contributed by atoms with van der Waals surface area (Å²) in [7, 11) is -3.91. The van der Waals surface area contributed by atoms with Gasteiger partial charge >= 0.3 is 0 Å². The number of hydrogen-bond acceptors (Lipinski definition) is 3. The van der Waals surface area contributed by atoms with Crippen LogP contribution in [-0.4, -0.2) is 20.4 Å². The van der Waals surface area contributed by atoms with Crippen LogP contribution in [0, 0.1) is 6.92 Å². The average Bonchev–Trinajstić information content (AvgIpc) is 2.37. The number of carbonyl (C=O) groups is 1. The highest BCUT2D eigenvalue weighted by atomic mass is 35.5. The Bertz CT molecular complexity index is 629. The number of unbranched alkanes of at least 4 members (excludes halogenated alkanes) is 1. The quantitative estimate of drug-likeness (QED) is 0.839. The molecule has 3 N–H and O–H groups in total. The third-order valence-electron chi connectivity index (χ3n) is 3.26. The molecule has 0 bridgehead atoms. The van der Waals surface area contributed by atoms with Crippen molar-refractivity contribution < 1.29 is 13.2 Å². The zero-order valence-electron chi connectivity index (χ0n) is 12.4. The first-order chi connectivity index (χ1) is 9.66. The van der Waals surface area contributed by atoms with Gasteiger partial charge in [-0.25, -0.2) is 13.6 Å². The minimum Gasteiger partial charge on any atom is -0.350 e. The van der Waals surface area contributed by atoms with Crippen LogP contribution in [-0.2, 0) is 10.0 Å². The van der Waals surface area contributed by atoms with E-state index in [4.69, 9.17) is 16.7 Å². The zero-order valence-corrected chi connectivity index (χ0v) is 14.0. The summed E-state index contributed by atoms with van der Waals surface area (Å²) < 4.78 is 22.8. The number of sulfonamides is 1. The van der Waals surface area contributed by atoms with Crippen molar-refractivity contribution in [2.45, 2.75) is 51.0 Å². The summed E-state index contributed by atoms with van der Waals surface area (Å²) >= 11 is 5.99. The van der Waals surface area contributed by atoms with E-state index in [2.05, 4.69) is 12.2 Å². The van der Waals surface area contributed by atoms with Gasteiger partial charge in [-0.15, -0.1) is 0 Å². The SMILES string of the molecule is CCCCC(C)NC(=O)c1cc(S(N)(=O)=O)cc(Cl)c1C. The van der Waals surface area contributed by atoms with E-state index in [-0.39, 0.29) is 27.4 Å². The lowest BCUT2D eigenvalue weighted by Crippen LogP contribution is -2.33. The van der Waals surface area contributed by atoms with Gasteiger partial charge in [0.1, 0.15) is 0 Å². The number of hydrogen-bond donors (Lipinski definition) is 2. The molecule has 0 aliphatic rings. The Labute approximate surface area is 130 Å². The lowest BCUT2D eigenvalue weighted by molar-refractivity contribution is 0.0937. The fraction of sp³-hybridized carbons (Fsp3) is 0.500. The summed E-state index contributed by atoms with van der Waals surface area (Å²) in [6.45, 7) is 5.66. The lowest BCUT2D eigenvalue weighted by atomic mass is 10.1. The average molecular weight is 333 g/mol. The molecule has 5 nitrogen and oxygen atoms in total. The molecule has 1 aromatic carbocycles. The molecule has 0 heterocycles. The van der Waals surface area contributed by atoms with E-state index in [1.54, 1.807) is 6.92 Å². The lowest BCUT2D eigenvalue weighted by Gasteiger charge is -2.15. The van der Waals surface area contributed by atoms with Crippen LogP contribution in [0.3, 0.4) is 0 Å². The van der Waals surface area contributed by atoms with Gasteiger partial charge in [0.25, 0.3) is 5.91 Å². The Morgan fingerprint density at radius 2 is 2.05 bits per heavy atom. The molecule has 1 rings (SSSR count). The van der Waals surface area contributed by atoms with Crippen LogP contribution in [0.15, 0.2) is 17.0 Å². The van der Waals surface area contributed by atoms with Crippen molar-refractivity contribution in [3.63, 3.8) is 0 Å². The molecule has 0 spiro atoms. The molecule has 21 heavy (non-hydrogen) atoms. The fourth-order valence-corrected chi connectivity index (χ4v) is 2.79. The number of nitrogens with one attached hydrogen (secondary N) is 1. The highest BCUT2D eigenvalue weighted by Gasteiger charge is 2.18. The van der Waals surface area contributed by atoms with Gasteiger partial charge in [0, 0.05) is 16.6 Å². The third-order valence-corrected chi connectivity index (χ3v) is 4.54. The minimum absolute atomic E-state index is 0.00812. The van der Waals surface area contributed by atoms with Gasteiger partial charge in [-0.3, -0.25) is 4.79 Å². The van der Waals surface area contributed by atoms with Crippen LogP contribution in [0.4, 0.5) is 0 Å². The Morgan fingerprint density at radius 1 is 1.43 bits per heavy atom. The van der Waals surface area contributed by atoms with Crippen molar-refractivity contribution in [1.82, 2.24) is 5.32 Å². The normalized spacial score (nSPS) is 13.0. The maximum Gasteiger partial charge on any atom is 0.251 e. The van der Waals surface area contributed by atoms with Crippen molar-refractivity contribution >= 4 is 27.5 Å². The maximum absolute atomic E-state index is 12.3. The monoisotopic (exact) mass is 332 g/mol. The highest BCUT2D eigenvalue weighted by Crippen LogP contribution is 2.24. The van der Waals surface area contributed by atoms with Crippen molar-refractivity contribution in [2.24, 2.45) is 5.14 Å². The summed E-state index contributed by atoms with van der Waals surface area (Å²) in [5.41, 5.74) is 0.763. The zero-order chi connectivity index (χ0) is 16.2. The first-order valence-corrected chi connectivity index (χ1v) is 8.73. The number of amides is 1. The van der Waals surface area contributed by atoms with E-state index >= 15 is 0 Å². The van der Waals surface area contributed by atoms with E-state index in [9.17, 15) is 13.2 Å². The molecule has 1 unspecified atom stereocenters. The summed E-state index contributed by atoms with van der Waals surface area (Å²) in [4.78, 5) is 12.1. The molecule has 0 aromatic heterocycles. The molecule has 1 aromatic rings. The van der Waals surface area contributed by atoms with E-state index < -0.39 is 10.0 Å². The molecular formula is C14H21ClN2O3S. The second kappa shape index (κ2) is 7.24. The highest BCUT2D eigenvalue weighted by molar-refractivity contribution is 7.89. The maximum atomic E-state index is 12.3. The number of nitrogens with two attached hydrogens (primary N) is 1. The van der Waals surface area contributed by atoms with Crippen LogP contribution in [0.5, 0.6) is 0 Å². The Kier molecular flexibility index (Phi) is 6.19. The van der Waals surface area contributed by atoms with Crippen LogP contribution in [0.1, 0.15) is 49.0 Å². The molecule has 0 saturated carbocycles. The number of benzene rings is 1. The Morgan fingerprint density at radius 3 is 2.57 bits per heavy atom. The molecule has 1 amide bonds. The van der Waals surface area contributed by atoms with Gasteiger partial charge in [-0.2, -0.15) is 0 Å². The van der Waals surface area contributed by atoms with Crippen LogP contribution in [0.25, 0.3) is 0 Å². The molecule has 0 fully saturated rings. The van der Waals surface area contributed by atoms with Gasteiger partial charge in [-0.1, -0.05) is 31.4 Å². The summed E-state index contributed by atoms with van der Waals surface area (Å²) in [5, 5.41) is 8.14. The van der Waals surface area contributed by atoms with Gasteiger partial charge in [-0.05, 0) is 38.0 Å². The third kappa shape index (κ3) is 4.98. The number of halogens is 1. The minimum atomic E-state index is -3.91. The first kappa shape index (κ1) is 17.9. The number of carbonyl (C=O) groups excluding carboxylic acids is 1. The second-order valence-electron chi connectivity index (χ2n) is 5.14. The summed E-state index contributed by atoms with van der Waals surface area (Å²) in [6, 6.07) is 2.52. The molecular weight excluding hydrogens is 312 g/mol. The summed E-state index contributed by atoms with van der Waals surface area (Å²) in [5.74, 6) is -0.344. The van der Waals surface area contributed by atoms with Crippen molar-refractivity contribution in [1.29, 1.82) is 0 Å². The topological polar surface area (TPSA) is 89.3 Å². The Balaban J connectivity index is 3.06. The molecule has 0 radical (unpaired) electrons. The smallest absolute Gasteiger partial charge is 0.251 e. The summed E-state index contributed by atoms with van der Waals surface area (Å²) in [6.07, 6.45) is 2.92. The van der Waals surface area contributed by atoms with Crippen LogP contribution in [0.2, 0.25) is 5.02 Å². The first-order valence-electron chi connectivity index (χ1n) is 6.80. The largest absolute Gasteiger partial charge is 0.350 e. The van der Waals surface area contributed by atoms with Crippen molar-refractivity contribution in [3.8, 4) is 0 Å². The Hall–Kier alpha value is -1.11. The predicted octanol–water partition coefficient (Wildman–Crippen LogP) is 2.60. The number of rotatable bonds is 6. The van der Waals surface area contributed by atoms with E-state index in [0.717, 1.165) is 19.3 Å². The van der Waals surface area contributed by atoms with Crippen LogP contribution < -0.4 is 10.5 Å². The predicted molar refractivity (Wildman–Crippen MR) is 84.0 cm³/mol. The molecule has 0 aliphatic heterocycles. The number of primary sulfonamides is 1. The fourth-order valence-electron chi connectivity index (χ4n) is 1.94. The van der Waals surface area contributed by atoms with Gasteiger partial charge in [0.15, 0.2) is 0 Å². The molecule has 0 aliphatic carbocycles. The van der Waals surface area contributed by atoms with E-state index in [1.807, 2.05) is 6.92 Å². The molecule has 7 heteroatoms. The second-order valence-corrected chi connectivity index (χ2v) is 7.11. The van der Waals surface area contributed by atoms with E-state index in [0.29, 0.717) is 5.56 Å². The van der Waals surface area contributed by atoms with Gasteiger partial charge in [0.05, 0.1) is 4.90 Å². The van der Waals surface area contributed by atoms with E-state index in [1.165, 1.54) is 12.1 Å². The molecule has 118 valence electrons. The van der Waals surface area contributed by atoms with Gasteiger partial charge in [0.2, 0.25) is 10.0 Å². The standard InChI is InChI=1S/C14H21ClN2O3S/c1-4-5-6-9(2)17-14(18)12-7-11(21(16,19)20)8-13(15)10(12)3/h7-9H,4-6H2,1-3H3,(H,17,18)(H2,16,19,20). The van der Waals surface area contributed by atoms with Crippen molar-refractivity contribution in [2.75, 3.05) is 0 Å².